The third-order valence-electron chi connectivity index (χ3n) is 4.70. The standard InChI is InChI=1S/C15H23NO3S/c1-14(18)11-15(19-9-13(14)17)3-5-16(6-4-15)8-12-2-7-20-10-12/h2,7,10,13,17-18H,3-6,8-9,11H2,1H3/t13-,14-/m0/s1. The minimum Gasteiger partial charge on any atom is -0.388 e. The van der Waals surface area contributed by atoms with Crippen molar-refractivity contribution in [2.24, 2.45) is 0 Å². The highest BCUT2D eigenvalue weighted by molar-refractivity contribution is 7.07. The van der Waals surface area contributed by atoms with Gasteiger partial charge in [0.25, 0.3) is 0 Å². The second-order valence-electron chi connectivity index (χ2n) is 6.45. The molecule has 3 rings (SSSR count). The van der Waals surface area contributed by atoms with E-state index in [0.29, 0.717) is 6.42 Å². The van der Waals surface area contributed by atoms with Gasteiger partial charge >= 0.3 is 0 Å². The molecule has 4 nitrogen and oxygen atoms in total. The Kier molecular flexibility index (Phi) is 3.90. The molecule has 2 aliphatic rings. The summed E-state index contributed by atoms with van der Waals surface area (Å²) in [6, 6.07) is 2.17. The van der Waals surface area contributed by atoms with Crippen molar-refractivity contribution >= 4 is 11.3 Å². The molecule has 0 aliphatic carbocycles. The number of rotatable bonds is 2. The summed E-state index contributed by atoms with van der Waals surface area (Å²) in [7, 11) is 0. The van der Waals surface area contributed by atoms with Gasteiger partial charge in [-0.15, -0.1) is 0 Å². The molecule has 2 N–H and O–H groups in total. The first kappa shape index (κ1) is 14.5. The van der Waals surface area contributed by atoms with Crippen molar-refractivity contribution < 1.29 is 14.9 Å². The molecule has 0 saturated carbocycles. The number of nitrogens with zero attached hydrogens (tertiary/aromatic N) is 1. The van der Waals surface area contributed by atoms with E-state index in [1.54, 1.807) is 18.3 Å². The van der Waals surface area contributed by atoms with Crippen LogP contribution in [0.25, 0.3) is 0 Å². The summed E-state index contributed by atoms with van der Waals surface area (Å²) in [6.45, 7) is 4.94. The lowest BCUT2D eigenvalue weighted by molar-refractivity contribution is -0.223. The van der Waals surface area contributed by atoms with Gasteiger partial charge in [-0.2, -0.15) is 11.3 Å². The molecule has 2 aliphatic heterocycles. The number of hydrogen-bond donors (Lipinski definition) is 2. The fourth-order valence-corrected chi connectivity index (χ4v) is 4.00. The largest absolute Gasteiger partial charge is 0.388 e. The predicted molar refractivity (Wildman–Crippen MR) is 78.8 cm³/mol. The van der Waals surface area contributed by atoms with Crippen molar-refractivity contribution in [2.45, 2.75) is 50.0 Å². The monoisotopic (exact) mass is 297 g/mol. The third-order valence-corrected chi connectivity index (χ3v) is 5.43. The maximum atomic E-state index is 10.3. The Bertz CT molecular complexity index is 438. The summed E-state index contributed by atoms with van der Waals surface area (Å²) >= 11 is 1.74. The highest BCUT2D eigenvalue weighted by Gasteiger charge is 2.48. The topological polar surface area (TPSA) is 52.9 Å². The normalized spacial score (nSPS) is 34.5. The zero-order valence-corrected chi connectivity index (χ0v) is 12.7. The molecule has 0 bridgehead atoms. The Morgan fingerprint density at radius 1 is 1.45 bits per heavy atom. The van der Waals surface area contributed by atoms with E-state index in [0.717, 1.165) is 32.5 Å². The van der Waals surface area contributed by atoms with Gasteiger partial charge in [-0.1, -0.05) is 0 Å². The molecule has 5 heteroatoms. The number of aliphatic hydroxyl groups excluding tert-OH is 1. The van der Waals surface area contributed by atoms with Crippen LogP contribution in [0.5, 0.6) is 0 Å². The van der Waals surface area contributed by atoms with Gasteiger partial charge in [0.2, 0.25) is 0 Å². The van der Waals surface area contributed by atoms with Gasteiger partial charge in [0.15, 0.2) is 0 Å². The number of thiophene rings is 1. The summed E-state index contributed by atoms with van der Waals surface area (Å²) in [6.07, 6.45) is 1.63. The average molecular weight is 297 g/mol. The van der Waals surface area contributed by atoms with Gasteiger partial charge in [-0.25, -0.2) is 0 Å². The van der Waals surface area contributed by atoms with E-state index in [4.69, 9.17) is 4.74 Å². The molecule has 2 saturated heterocycles. The van der Waals surface area contributed by atoms with Crippen molar-refractivity contribution in [1.82, 2.24) is 4.90 Å². The van der Waals surface area contributed by atoms with E-state index in [9.17, 15) is 10.2 Å². The van der Waals surface area contributed by atoms with Crippen LogP contribution in [0.15, 0.2) is 16.8 Å². The van der Waals surface area contributed by atoms with E-state index in [1.807, 2.05) is 0 Å². The molecular weight excluding hydrogens is 274 g/mol. The zero-order chi connectivity index (χ0) is 14.2. The SMILES string of the molecule is C[C@]1(O)CC2(CCN(Cc3ccsc3)CC2)OC[C@@H]1O. The maximum absolute atomic E-state index is 10.3. The average Bonchev–Trinajstić information content (AvgIpc) is 2.90. The number of hydrogen-bond acceptors (Lipinski definition) is 5. The van der Waals surface area contributed by atoms with E-state index in [2.05, 4.69) is 21.7 Å². The lowest BCUT2D eigenvalue weighted by atomic mass is 9.76. The summed E-state index contributed by atoms with van der Waals surface area (Å²) in [4.78, 5) is 2.44. The van der Waals surface area contributed by atoms with Crippen molar-refractivity contribution in [3.8, 4) is 0 Å². The van der Waals surface area contributed by atoms with Gasteiger partial charge < -0.3 is 14.9 Å². The minimum absolute atomic E-state index is 0.242. The van der Waals surface area contributed by atoms with Crippen LogP contribution in [-0.2, 0) is 11.3 Å². The molecule has 2 atom stereocenters. The van der Waals surface area contributed by atoms with Gasteiger partial charge in [0, 0.05) is 26.1 Å². The maximum Gasteiger partial charge on any atom is 0.106 e. The summed E-state index contributed by atoms with van der Waals surface area (Å²) < 4.78 is 5.90. The second-order valence-corrected chi connectivity index (χ2v) is 7.23. The Morgan fingerprint density at radius 3 is 2.80 bits per heavy atom. The molecule has 0 aromatic carbocycles. The molecular formula is C15H23NO3S. The number of likely N-dealkylation sites (tertiary alicyclic amines) is 1. The fraction of sp³-hybridized carbons (Fsp3) is 0.733. The van der Waals surface area contributed by atoms with E-state index in [1.165, 1.54) is 5.56 Å². The molecule has 112 valence electrons. The van der Waals surface area contributed by atoms with Crippen molar-refractivity contribution in [3.63, 3.8) is 0 Å². The lowest BCUT2D eigenvalue weighted by Crippen LogP contribution is -2.59. The first-order chi connectivity index (χ1) is 9.49. The van der Waals surface area contributed by atoms with Crippen LogP contribution < -0.4 is 0 Å². The van der Waals surface area contributed by atoms with Crippen LogP contribution in [-0.4, -0.2) is 52.1 Å². The first-order valence-electron chi connectivity index (χ1n) is 7.27. The minimum atomic E-state index is -1.02. The first-order valence-corrected chi connectivity index (χ1v) is 8.21. The molecule has 1 spiro atoms. The van der Waals surface area contributed by atoms with Gasteiger partial charge in [0.05, 0.1) is 17.8 Å². The molecule has 1 aromatic heterocycles. The van der Waals surface area contributed by atoms with Crippen LogP contribution in [0.1, 0.15) is 31.7 Å². The number of piperidine rings is 1. The molecule has 1 aromatic rings. The van der Waals surface area contributed by atoms with Gasteiger partial charge in [0.1, 0.15) is 6.10 Å². The summed E-state index contributed by atoms with van der Waals surface area (Å²) in [5.74, 6) is 0. The Balaban J connectivity index is 1.58. The molecule has 0 amide bonds. The predicted octanol–water partition coefficient (Wildman–Crippen LogP) is 1.61. The van der Waals surface area contributed by atoms with Crippen LogP contribution >= 0.6 is 11.3 Å². The number of aliphatic hydroxyl groups is 2. The molecule has 0 radical (unpaired) electrons. The molecule has 3 heterocycles. The van der Waals surface area contributed by atoms with Gasteiger partial charge in [-0.3, -0.25) is 4.90 Å². The summed E-state index contributed by atoms with van der Waals surface area (Å²) in [5, 5.41) is 24.4. The lowest BCUT2D eigenvalue weighted by Gasteiger charge is -2.49. The Morgan fingerprint density at radius 2 is 2.20 bits per heavy atom. The second kappa shape index (κ2) is 5.39. The van der Waals surface area contributed by atoms with Crippen LogP contribution in [0.4, 0.5) is 0 Å². The van der Waals surface area contributed by atoms with Crippen LogP contribution in [0, 0.1) is 0 Å². The molecule has 0 unspecified atom stereocenters. The highest BCUT2D eigenvalue weighted by atomic mass is 32.1. The zero-order valence-electron chi connectivity index (χ0n) is 11.9. The Labute approximate surface area is 124 Å². The fourth-order valence-electron chi connectivity index (χ4n) is 3.34. The van der Waals surface area contributed by atoms with Crippen LogP contribution in [0.3, 0.4) is 0 Å². The third kappa shape index (κ3) is 2.92. The van der Waals surface area contributed by atoms with E-state index >= 15 is 0 Å². The van der Waals surface area contributed by atoms with Crippen molar-refractivity contribution in [2.75, 3.05) is 19.7 Å². The van der Waals surface area contributed by atoms with Crippen molar-refractivity contribution in [3.05, 3.63) is 22.4 Å². The van der Waals surface area contributed by atoms with E-state index in [-0.39, 0.29) is 12.2 Å². The summed E-state index contributed by atoms with van der Waals surface area (Å²) in [5.41, 5.74) is 0.111. The number of ether oxygens (including phenoxy) is 1. The van der Waals surface area contributed by atoms with Crippen molar-refractivity contribution in [1.29, 1.82) is 0 Å². The smallest absolute Gasteiger partial charge is 0.106 e. The molecule has 20 heavy (non-hydrogen) atoms. The molecule has 2 fully saturated rings. The highest BCUT2D eigenvalue weighted by Crippen LogP contribution is 2.39. The van der Waals surface area contributed by atoms with Crippen LogP contribution in [0.2, 0.25) is 0 Å². The Hall–Kier alpha value is -0.460. The van der Waals surface area contributed by atoms with E-state index < -0.39 is 11.7 Å². The van der Waals surface area contributed by atoms with Gasteiger partial charge in [-0.05, 0) is 42.2 Å². The quantitative estimate of drug-likeness (QED) is 0.871.